The minimum atomic E-state index is -0.477. The standard InChI is InChI=1S/C17H19BrO/c1-11-4-6-13(3)14(8-11)10-17(19)15-9-12(2)5-7-16(15)18/h4-9,17,19H,10H2,1-3H3. The molecule has 2 rings (SSSR count). The summed E-state index contributed by atoms with van der Waals surface area (Å²) in [5.74, 6) is 0. The molecule has 100 valence electrons. The fraction of sp³-hybridized carbons (Fsp3) is 0.294. The molecule has 1 atom stereocenters. The van der Waals surface area contributed by atoms with Gasteiger partial charge >= 0.3 is 0 Å². The van der Waals surface area contributed by atoms with Gasteiger partial charge in [-0.3, -0.25) is 0 Å². The van der Waals surface area contributed by atoms with Gasteiger partial charge in [0, 0.05) is 10.9 Å². The highest BCUT2D eigenvalue weighted by molar-refractivity contribution is 9.10. The first-order valence-electron chi connectivity index (χ1n) is 6.47. The van der Waals surface area contributed by atoms with E-state index in [0.717, 1.165) is 10.0 Å². The second kappa shape index (κ2) is 5.89. The van der Waals surface area contributed by atoms with Crippen LogP contribution in [0.1, 0.15) is 33.9 Å². The Hall–Kier alpha value is -1.12. The van der Waals surface area contributed by atoms with Gasteiger partial charge in [0.25, 0.3) is 0 Å². The molecule has 1 unspecified atom stereocenters. The Bertz CT molecular complexity index is 590. The summed E-state index contributed by atoms with van der Waals surface area (Å²) in [6.07, 6.45) is 0.171. The quantitative estimate of drug-likeness (QED) is 0.873. The number of aliphatic hydroxyl groups is 1. The van der Waals surface area contributed by atoms with Crippen LogP contribution in [0.3, 0.4) is 0 Å². The molecule has 0 aromatic heterocycles. The van der Waals surface area contributed by atoms with Crippen LogP contribution in [-0.4, -0.2) is 5.11 Å². The molecule has 0 aliphatic rings. The molecule has 1 nitrogen and oxygen atoms in total. The topological polar surface area (TPSA) is 20.2 Å². The zero-order chi connectivity index (χ0) is 14.0. The zero-order valence-electron chi connectivity index (χ0n) is 11.6. The van der Waals surface area contributed by atoms with Crippen LogP contribution in [0.4, 0.5) is 0 Å². The average molecular weight is 319 g/mol. The summed E-state index contributed by atoms with van der Waals surface area (Å²) in [5, 5.41) is 10.5. The lowest BCUT2D eigenvalue weighted by Crippen LogP contribution is -2.04. The Morgan fingerprint density at radius 2 is 1.63 bits per heavy atom. The lowest BCUT2D eigenvalue weighted by atomic mass is 9.96. The van der Waals surface area contributed by atoms with Crippen molar-refractivity contribution in [2.24, 2.45) is 0 Å². The van der Waals surface area contributed by atoms with Crippen molar-refractivity contribution in [1.29, 1.82) is 0 Å². The van der Waals surface area contributed by atoms with Gasteiger partial charge in [0.2, 0.25) is 0 Å². The first-order valence-corrected chi connectivity index (χ1v) is 7.27. The van der Waals surface area contributed by atoms with Gasteiger partial charge in [-0.1, -0.05) is 57.4 Å². The van der Waals surface area contributed by atoms with E-state index in [1.165, 1.54) is 22.3 Å². The second-order valence-electron chi connectivity index (χ2n) is 5.17. The van der Waals surface area contributed by atoms with Crippen molar-refractivity contribution in [2.75, 3.05) is 0 Å². The van der Waals surface area contributed by atoms with Crippen LogP contribution in [0.2, 0.25) is 0 Å². The molecule has 0 aliphatic carbocycles. The second-order valence-corrected chi connectivity index (χ2v) is 6.03. The van der Waals surface area contributed by atoms with Gasteiger partial charge in [-0.05, 0) is 43.5 Å². The highest BCUT2D eigenvalue weighted by Gasteiger charge is 2.13. The summed E-state index contributed by atoms with van der Waals surface area (Å²) < 4.78 is 0.968. The Labute approximate surface area is 123 Å². The van der Waals surface area contributed by atoms with Crippen LogP contribution in [0.15, 0.2) is 40.9 Å². The number of hydrogen-bond acceptors (Lipinski definition) is 1. The van der Waals surface area contributed by atoms with Crippen molar-refractivity contribution in [1.82, 2.24) is 0 Å². The average Bonchev–Trinajstić information content (AvgIpc) is 2.36. The maximum absolute atomic E-state index is 10.5. The number of benzene rings is 2. The highest BCUT2D eigenvalue weighted by atomic mass is 79.9. The van der Waals surface area contributed by atoms with Crippen molar-refractivity contribution in [3.05, 3.63) is 68.7 Å². The summed E-state index contributed by atoms with van der Waals surface area (Å²) in [4.78, 5) is 0. The molecule has 0 aliphatic heterocycles. The van der Waals surface area contributed by atoms with E-state index in [9.17, 15) is 5.11 Å². The molecule has 0 spiro atoms. The fourth-order valence-electron chi connectivity index (χ4n) is 2.26. The van der Waals surface area contributed by atoms with Crippen molar-refractivity contribution in [2.45, 2.75) is 33.3 Å². The number of rotatable bonds is 3. The third kappa shape index (κ3) is 3.46. The summed E-state index contributed by atoms with van der Waals surface area (Å²) in [7, 11) is 0. The van der Waals surface area contributed by atoms with E-state index in [0.29, 0.717) is 6.42 Å². The molecular weight excluding hydrogens is 300 g/mol. The van der Waals surface area contributed by atoms with Gasteiger partial charge < -0.3 is 5.11 Å². The first kappa shape index (κ1) is 14.3. The SMILES string of the molecule is Cc1ccc(C)c(CC(O)c2cc(C)ccc2Br)c1. The number of aliphatic hydroxyl groups excluding tert-OH is 1. The van der Waals surface area contributed by atoms with Crippen molar-refractivity contribution < 1.29 is 5.11 Å². The molecule has 2 heteroatoms. The van der Waals surface area contributed by atoms with E-state index in [2.05, 4.69) is 48.0 Å². The molecule has 19 heavy (non-hydrogen) atoms. The van der Waals surface area contributed by atoms with Crippen LogP contribution in [-0.2, 0) is 6.42 Å². The third-order valence-corrected chi connectivity index (χ3v) is 4.15. The molecule has 0 saturated heterocycles. The van der Waals surface area contributed by atoms with Gasteiger partial charge in [-0.25, -0.2) is 0 Å². The van der Waals surface area contributed by atoms with Crippen molar-refractivity contribution in [3.8, 4) is 0 Å². The van der Waals surface area contributed by atoms with Gasteiger partial charge in [-0.2, -0.15) is 0 Å². The lowest BCUT2D eigenvalue weighted by molar-refractivity contribution is 0.177. The van der Waals surface area contributed by atoms with Gasteiger partial charge in [-0.15, -0.1) is 0 Å². The Morgan fingerprint density at radius 1 is 1.00 bits per heavy atom. The summed E-state index contributed by atoms with van der Waals surface area (Å²) in [6.45, 7) is 6.21. The smallest absolute Gasteiger partial charge is 0.0841 e. The Kier molecular flexibility index (Phi) is 4.43. The van der Waals surface area contributed by atoms with Crippen molar-refractivity contribution >= 4 is 15.9 Å². The third-order valence-electron chi connectivity index (χ3n) is 3.43. The van der Waals surface area contributed by atoms with Crippen LogP contribution in [0.25, 0.3) is 0 Å². The normalized spacial score (nSPS) is 12.5. The van der Waals surface area contributed by atoms with Crippen LogP contribution >= 0.6 is 15.9 Å². The van der Waals surface area contributed by atoms with E-state index >= 15 is 0 Å². The maximum atomic E-state index is 10.5. The van der Waals surface area contributed by atoms with Crippen LogP contribution < -0.4 is 0 Å². The summed E-state index contributed by atoms with van der Waals surface area (Å²) in [6, 6.07) is 12.5. The predicted octanol–water partition coefficient (Wildman–Crippen LogP) is 4.65. The molecule has 0 heterocycles. The van der Waals surface area contributed by atoms with Crippen LogP contribution in [0.5, 0.6) is 0 Å². The van der Waals surface area contributed by atoms with E-state index in [1.54, 1.807) is 0 Å². The fourth-order valence-corrected chi connectivity index (χ4v) is 2.77. The largest absolute Gasteiger partial charge is 0.388 e. The van der Waals surface area contributed by atoms with Gasteiger partial charge in [0.05, 0.1) is 6.10 Å². The molecule has 0 amide bonds. The minimum absolute atomic E-state index is 0.477. The summed E-state index contributed by atoms with van der Waals surface area (Å²) in [5.41, 5.74) is 5.80. The monoisotopic (exact) mass is 318 g/mol. The van der Waals surface area contributed by atoms with Gasteiger partial charge in [0.1, 0.15) is 0 Å². The number of hydrogen-bond donors (Lipinski definition) is 1. The van der Waals surface area contributed by atoms with Crippen LogP contribution in [0, 0.1) is 20.8 Å². The molecule has 0 bridgehead atoms. The number of aryl methyl sites for hydroxylation is 3. The van der Waals surface area contributed by atoms with E-state index in [-0.39, 0.29) is 0 Å². The molecule has 0 fully saturated rings. The first-order chi connectivity index (χ1) is 8.97. The zero-order valence-corrected chi connectivity index (χ0v) is 13.2. The summed E-state index contributed by atoms with van der Waals surface area (Å²) >= 11 is 3.52. The van der Waals surface area contributed by atoms with Gasteiger partial charge in [0.15, 0.2) is 0 Å². The Balaban J connectivity index is 2.27. The molecule has 0 radical (unpaired) electrons. The minimum Gasteiger partial charge on any atom is -0.388 e. The Morgan fingerprint density at radius 3 is 2.37 bits per heavy atom. The van der Waals surface area contributed by atoms with E-state index in [1.807, 2.05) is 25.1 Å². The molecule has 0 saturated carbocycles. The lowest BCUT2D eigenvalue weighted by Gasteiger charge is -2.15. The maximum Gasteiger partial charge on any atom is 0.0841 e. The molecule has 2 aromatic rings. The van der Waals surface area contributed by atoms with E-state index < -0.39 is 6.10 Å². The predicted molar refractivity (Wildman–Crippen MR) is 83.5 cm³/mol. The van der Waals surface area contributed by atoms with E-state index in [4.69, 9.17) is 0 Å². The van der Waals surface area contributed by atoms with Crippen molar-refractivity contribution in [3.63, 3.8) is 0 Å². The molecule has 1 N–H and O–H groups in total. The number of halogens is 1. The highest BCUT2D eigenvalue weighted by Crippen LogP contribution is 2.28. The molecule has 2 aromatic carbocycles. The molecular formula is C17H19BrO.